The fourth-order valence-corrected chi connectivity index (χ4v) is 7.77. The molecule has 0 spiro atoms. The molecule has 13 heteroatoms. The molecule has 1 unspecified atom stereocenters. The Morgan fingerprint density at radius 2 is 1.95 bits per heavy atom. The van der Waals surface area contributed by atoms with E-state index in [1.807, 2.05) is 32.9 Å². The molecule has 2 amide bonds. The van der Waals surface area contributed by atoms with Crippen LogP contribution in [-0.4, -0.2) is 33.5 Å². The van der Waals surface area contributed by atoms with Crippen LogP contribution in [0.4, 0.5) is 10.8 Å². The molecule has 3 aromatic rings. The molecule has 2 aliphatic rings. The molecular formula is C28H27N7O3S3. The van der Waals surface area contributed by atoms with Crippen LogP contribution in [0.1, 0.15) is 52.7 Å². The SMILES string of the molecule is Cc1ccc(C2C(C#N)=C(N)N(c3nnc(SCC(=O)Nc4ccccc4C(N)=O)s3)C3=C2C(=O)CC(C)(C)C3)s1. The third kappa shape index (κ3) is 5.63. The maximum Gasteiger partial charge on any atom is 0.250 e. The zero-order valence-electron chi connectivity index (χ0n) is 22.6. The Labute approximate surface area is 249 Å². The van der Waals surface area contributed by atoms with E-state index >= 15 is 0 Å². The van der Waals surface area contributed by atoms with Crippen LogP contribution in [0.3, 0.4) is 0 Å². The van der Waals surface area contributed by atoms with Crippen LogP contribution in [-0.2, 0) is 9.59 Å². The van der Waals surface area contributed by atoms with E-state index in [0.717, 1.165) is 15.5 Å². The fourth-order valence-electron chi connectivity index (χ4n) is 5.09. The summed E-state index contributed by atoms with van der Waals surface area (Å²) in [6.45, 7) is 6.06. The summed E-state index contributed by atoms with van der Waals surface area (Å²) in [7, 11) is 0. The third-order valence-corrected chi connectivity index (χ3v) is 9.91. The molecule has 0 saturated carbocycles. The number of aryl methyl sites for hydroxylation is 1. The molecule has 5 N–H and O–H groups in total. The Bertz CT molecular complexity index is 1680. The Kier molecular flexibility index (Phi) is 7.74. The van der Waals surface area contributed by atoms with E-state index in [1.165, 1.54) is 23.1 Å². The molecule has 1 aromatic carbocycles. The normalized spacial score (nSPS) is 18.2. The van der Waals surface area contributed by atoms with E-state index in [0.29, 0.717) is 39.1 Å². The number of anilines is 2. The first-order valence-electron chi connectivity index (χ1n) is 12.7. The number of para-hydroxylation sites is 1. The number of nitrogens with one attached hydrogen (secondary N) is 1. The summed E-state index contributed by atoms with van der Waals surface area (Å²) in [4.78, 5) is 41.6. The largest absolute Gasteiger partial charge is 0.384 e. The predicted molar refractivity (Wildman–Crippen MR) is 160 cm³/mol. The van der Waals surface area contributed by atoms with Crippen molar-refractivity contribution in [3.05, 3.63) is 74.4 Å². The number of aromatic nitrogens is 2. The van der Waals surface area contributed by atoms with Crippen LogP contribution in [0, 0.1) is 23.7 Å². The Balaban J connectivity index is 1.44. The van der Waals surface area contributed by atoms with Crippen LogP contribution in [0.25, 0.3) is 0 Å². The molecule has 10 nitrogen and oxygen atoms in total. The minimum atomic E-state index is -0.638. The van der Waals surface area contributed by atoms with Gasteiger partial charge in [0.15, 0.2) is 10.1 Å². The maximum atomic E-state index is 13.6. The van der Waals surface area contributed by atoms with Crippen molar-refractivity contribution in [1.29, 1.82) is 5.26 Å². The first-order chi connectivity index (χ1) is 19.5. The van der Waals surface area contributed by atoms with Crippen LogP contribution in [0.2, 0.25) is 0 Å². The average molecular weight is 606 g/mol. The van der Waals surface area contributed by atoms with Gasteiger partial charge in [-0.05, 0) is 43.0 Å². The van der Waals surface area contributed by atoms with E-state index in [4.69, 9.17) is 11.5 Å². The van der Waals surface area contributed by atoms with Crippen LogP contribution in [0.5, 0.6) is 0 Å². The number of carbonyl (C=O) groups is 3. The first kappa shape index (κ1) is 28.5. The van der Waals surface area contributed by atoms with Crippen molar-refractivity contribution in [3.8, 4) is 6.07 Å². The van der Waals surface area contributed by atoms with Crippen molar-refractivity contribution in [2.75, 3.05) is 16.0 Å². The van der Waals surface area contributed by atoms with Gasteiger partial charge in [-0.1, -0.05) is 49.1 Å². The molecule has 0 radical (unpaired) electrons. The van der Waals surface area contributed by atoms with E-state index < -0.39 is 11.8 Å². The van der Waals surface area contributed by atoms with Gasteiger partial charge in [0.25, 0.3) is 5.91 Å². The van der Waals surface area contributed by atoms with Gasteiger partial charge in [0.05, 0.1) is 34.6 Å². The van der Waals surface area contributed by atoms with E-state index in [2.05, 4.69) is 21.6 Å². The molecule has 0 saturated heterocycles. The maximum absolute atomic E-state index is 13.6. The number of nitrogens with two attached hydrogens (primary N) is 2. The van der Waals surface area contributed by atoms with Crippen molar-refractivity contribution < 1.29 is 14.4 Å². The van der Waals surface area contributed by atoms with Gasteiger partial charge in [-0.15, -0.1) is 21.5 Å². The fraction of sp³-hybridized carbons (Fsp3) is 0.286. The number of nitrogens with zero attached hydrogens (tertiary/aromatic N) is 4. The monoisotopic (exact) mass is 605 g/mol. The van der Waals surface area contributed by atoms with Gasteiger partial charge in [0, 0.05) is 27.4 Å². The second kappa shape index (κ2) is 11.1. The second-order valence-electron chi connectivity index (χ2n) is 10.5. The molecule has 210 valence electrons. The zero-order chi connectivity index (χ0) is 29.5. The predicted octanol–water partition coefficient (Wildman–Crippen LogP) is 4.68. The number of benzene rings is 1. The van der Waals surface area contributed by atoms with Gasteiger partial charge in [-0.3, -0.25) is 19.3 Å². The lowest BCUT2D eigenvalue weighted by molar-refractivity contribution is -0.118. The van der Waals surface area contributed by atoms with Crippen molar-refractivity contribution in [2.24, 2.45) is 16.9 Å². The van der Waals surface area contributed by atoms with E-state index in [1.54, 1.807) is 40.5 Å². The minimum Gasteiger partial charge on any atom is -0.384 e. The molecule has 2 aromatic heterocycles. The Morgan fingerprint density at radius 3 is 2.63 bits per heavy atom. The van der Waals surface area contributed by atoms with Crippen molar-refractivity contribution in [2.45, 2.75) is 43.9 Å². The summed E-state index contributed by atoms with van der Waals surface area (Å²) in [6, 6.07) is 12.7. The second-order valence-corrected chi connectivity index (χ2v) is 14.0. The zero-order valence-corrected chi connectivity index (χ0v) is 25.0. The molecule has 0 fully saturated rings. The number of thioether (sulfide) groups is 1. The highest BCUT2D eigenvalue weighted by Crippen LogP contribution is 2.51. The van der Waals surface area contributed by atoms with Crippen molar-refractivity contribution in [1.82, 2.24) is 10.2 Å². The van der Waals surface area contributed by atoms with E-state index in [9.17, 15) is 19.6 Å². The first-order valence-corrected chi connectivity index (χ1v) is 15.3. The number of rotatable bonds is 7. The smallest absolute Gasteiger partial charge is 0.250 e. The highest BCUT2D eigenvalue weighted by atomic mass is 32.2. The molecule has 41 heavy (non-hydrogen) atoms. The molecule has 1 atom stereocenters. The van der Waals surface area contributed by atoms with Gasteiger partial charge < -0.3 is 16.8 Å². The van der Waals surface area contributed by atoms with Crippen LogP contribution in [0.15, 0.2) is 63.4 Å². The quantitative estimate of drug-likeness (QED) is 0.324. The number of thiophene rings is 1. The summed E-state index contributed by atoms with van der Waals surface area (Å²) in [6.07, 6.45) is 0.933. The number of carbonyl (C=O) groups excluding carboxylic acids is 3. The summed E-state index contributed by atoms with van der Waals surface area (Å²) in [5.74, 6) is -1.28. The summed E-state index contributed by atoms with van der Waals surface area (Å²) < 4.78 is 0.504. The topological polar surface area (TPSA) is 168 Å². The van der Waals surface area contributed by atoms with Crippen LogP contribution >= 0.6 is 34.4 Å². The third-order valence-electron chi connectivity index (χ3n) is 6.81. The lowest BCUT2D eigenvalue weighted by Crippen LogP contribution is -2.42. The molecule has 3 heterocycles. The van der Waals surface area contributed by atoms with Crippen molar-refractivity contribution >= 4 is 62.9 Å². The standard InChI is InChI=1S/C28H27N7O3S3/c1-14-8-9-20(40-14)22-16(12-29)24(30)35(18-10-28(2,3)11-19(36)23(18)22)26-33-34-27(41-26)39-13-21(37)32-17-7-5-4-6-15(17)25(31)38/h4-9,22H,10-11,13,30H2,1-3H3,(H2,31,38)(H,32,37). The number of amides is 2. The van der Waals surface area contributed by atoms with Gasteiger partial charge in [0.2, 0.25) is 11.0 Å². The average Bonchev–Trinajstić information content (AvgIpc) is 3.55. The molecule has 1 aliphatic carbocycles. The summed E-state index contributed by atoms with van der Waals surface area (Å²) in [5, 5.41) is 21.9. The summed E-state index contributed by atoms with van der Waals surface area (Å²) >= 11 is 3.94. The van der Waals surface area contributed by atoms with Crippen LogP contribution < -0.4 is 21.7 Å². The minimum absolute atomic E-state index is 0.00965. The highest BCUT2D eigenvalue weighted by Gasteiger charge is 2.45. The Hall–Kier alpha value is -3.99. The molecule has 5 rings (SSSR count). The number of ketones is 1. The van der Waals surface area contributed by atoms with Gasteiger partial charge in [0.1, 0.15) is 5.82 Å². The number of hydrogen-bond acceptors (Lipinski definition) is 11. The lowest BCUT2D eigenvalue weighted by Gasteiger charge is -2.42. The lowest BCUT2D eigenvalue weighted by atomic mass is 9.70. The molecule has 0 bridgehead atoms. The number of Topliss-reactive ketones (excluding diaryl/α,β-unsaturated/α-hetero) is 1. The number of hydrogen-bond donors (Lipinski definition) is 3. The van der Waals surface area contributed by atoms with E-state index in [-0.39, 0.29) is 34.2 Å². The van der Waals surface area contributed by atoms with Gasteiger partial charge >= 0.3 is 0 Å². The summed E-state index contributed by atoms with van der Waals surface area (Å²) in [5.41, 5.74) is 13.9. The number of nitriles is 1. The van der Waals surface area contributed by atoms with Crippen molar-refractivity contribution in [3.63, 3.8) is 0 Å². The van der Waals surface area contributed by atoms with Gasteiger partial charge in [-0.25, -0.2) is 0 Å². The molecule has 1 aliphatic heterocycles. The number of primary amides is 1. The molecular weight excluding hydrogens is 579 g/mol. The Morgan fingerprint density at radius 1 is 1.20 bits per heavy atom. The highest BCUT2D eigenvalue weighted by molar-refractivity contribution is 8.01. The van der Waals surface area contributed by atoms with Gasteiger partial charge in [-0.2, -0.15) is 5.26 Å². The number of allylic oxidation sites excluding steroid dienone is 3.